The molecule has 9 heteroatoms. The number of anilines is 2. The number of carboxylic acid groups (broad SMARTS) is 1. The number of aromatic nitrogens is 2. The van der Waals surface area contributed by atoms with Crippen molar-refractivity contribution in [3.8, 4) is 0 Å². The van der Waals surface area contributed by atoms with Crippen LogP contribution in [0.5, 0.6) is 0 Å². The second-order valence-electron chi connectivity index (χ2n) is 3.36. The van der Waals surface area contributed by atoms with Crippen LogP contribution in [0.1, 0.15) is 10.4 Å². The van der Waals surface area contributed by atoms with E-state index in [-0.39, 0.29) is 10.6 Å². The van der Waals surface area contributed by atoms with Crippen LogP contribution in [0.25, 0.3) is 0 Å². The number of hydrogen-bond acceptors (Lipinski definition) is 5. The molecule has 1 aromatic heterocycles. The fourth-order valence-electron chi connectivity index (χ4n) is 1.26. The van der Waals surface area contributed by atoms with Gasteiger partial charge in [-0.1, -0.05) is 16.1 Å². The standard InChI is InChI=1S/C10H7ClN4O3S/c11-7-2-1-5(3-6(7)9(16)17)13-10(18)14-8-4-12-15-19-8/h1-4H,(H,16,17)(H2,13,14,18). The molecule has 7 nitrogen and oxygen atoms in total. The summed E-state index contributed by atoms with van der Waals surface area (Å²) in [7, 11) is 0. The van der Waals surface area contributed by atoms with E-state index in [2.05, 4.69) is 20.2 Å². The van der Waals surface area contributed by atoms with Crippen LogP contribution in [0.4, 0.5) is 15.5 Å². The van der Waals surface area contributed by atoms with Gasteiger partial charge in [0.2, 0.25) is 0 Å². The summed E-state index contributed by atoms with van der Waals surface area (Å²) in [6, 6.07) is 3.65. The summed E-state index contributed by atoms with van der Waals surface area (Å²) in [6.07, 6.45) is 1.40. The van der Waals surface area contributed by atoms with Crippen molar-refractivity contribution >= 4 is 45.8 Å². The molecule has 0 aliphatic carbocycles. The number of nitrogens with zero attached hydrogens (tertiary/aromatic N) is 2. The second kappa shape index (κ2) is 5.63. The Kier molecular flexibility index (Phi) is 3.93. The van der Waals surface area contributed by atoms with Crippen LogP contribution in [-0.4, -0.2) is 26.7 Å². The van der Waals surface area contributed by atoms with Crippen molar-refractivity contribution in [2.75, 3.05) is 10.6 Å². The molecule has 98 valence electrons. The van der Waals surface area contributed by atoms with E-state index >= 15 is 0 Å². The second-order valence-corrected chi connectivity index (χ2v) is 4.55. The Balaban J connectivity index is 2.09. The molecule has 0 radical (unpaired) electrons. The zero-order valence-electron chi connectivity index (χ0n) is 9.25. The van der Waals surface area contributed by atoms with Crippen molar-refractivity contribution in [1.29, 1.82) is 0 Å². The van der Waals surface area contributed by atoms with E-state index < -0.39 is 12.0 Å². The molecule has 0 aliphatic heterocycles. The quantitative estimate of drug-likeness (QED) is 0.807. The van der Waals surface area contributed by atoms with Crippen molar-refractivity contribution in [3.63, 3.8) is 0 Å². The summed E-state index contributed by atoms with van der Waals surface area (Å²) >= 11 is 6.74. The number of nitrogens with one attached hydrogen (secondary N) is 2. The first kappa shape index (κ1) is 13.2. The van der Waals surface area contributed by atoms with Gasteiger partial charge in [-0.15, -0.1) is 5.10 Å². The molecule has 2 aromatic rings. The normalized spacial score (nSPS) is 9.95. The highest BCUT2D eigenvalue weighted by atomic mass is 35.5. The number of amides is 2. The Bertz CT molecular complexity index is 617. The largest absolute Gasteiger partial charge is 0.478 e. The number of hydrogen-bond donors (Lipinski definition) is 3. The average molecular weight is 299 g/mol. The molecule has 0 atom stereocenters. The Morgan fingerprint density at radius 3 is 2.74 bits per heavy atom. The van der Waals surface area contributed by atoms with Crippen LogP contribution < -0.4 is 10.6 Å². The van der Waals surface area contributed by atoms with E-state index in [9.17, 15) is 9.59 Å². The lowest BCUT2D eigenvalue weighted by Gasteiger charge is -2.07. The van der Waals surface area contributed by atoms with Crippen LogP contribution in [0.3, 0.4) is 0 Å². The van der Waals surface area contributed by atoms with Crippen molar-refractivity contribution in [1.82, 2.24) is 9.59 Å². The van der Waals surface area contributed by atoms with Gasteiger partial charge in [0.1, 0.15) is 5.00 Å². The van der Waals surface area contributed by atoms with Crippen LogP contribution >= 0.6 is 23.1 Å². The summed E-state index contributed by atoms with van der Waals surface area (Å²) < 4.78 is 3.59. The fraction of sp³-hybridized carbons (Fsp3) is 0. The third-order valence-electron chi connectivity index (χ3n) is 2.05. The number of urea groups is 1. The fourth-order valence-corrected chi connectivity index (χ4v) is 1.88. The number of carbonyl (C=O) groups is 2. The molecule has 0 unspecified atom stereocenters. The number of aromatic carboxylic acids is 1. The highest BCUT2D eigenvalue weighted by molar-refractivity contribution is 7.10. The molecule has 2 rings (SSSR count). The monoisotopic (exact) mass is 298 g/mol. The Morgan fingerprint density at radius 2 is 2.11 bits per heavy atom. The molecule has 0 bridgehead atoms. The van der Waals surface area contributed by atoms with Crippen molar-refractivity contribution in [2.24, 2.45) is 0 Å². The Labute approximate surface area is 116 Å². The van der Waals surface area contributed by atoms with Gasteiger partial charge in [-0.05, 0) is 18.2 Å². The highest BCUT2D eigenvalue weighted by Crippen LogP contribution is 2.21. The molecule has 0 spiro atoms. The predicted molar refractivity (Wildman–Crippen MR) is 71.0 cm³/mol. The first-order chi connectivity index (χ1) is 9.06. The highest BCUT2D eigenvalue weighted by Gasteiger charge is 2.11. The maximum atomic E-state index is 11.6. The molecule has 0 saturated heterocycles. The van der Waals surface area contributed by atoms with Crippen molar-refractivity contribution < 1.29 is 14.7 Å². The third kappa shape index (κ3) is 3.39. The van der Waals surface area contributed by atoms with Gasteiger partial charge in [0.05, 0.1) is 16.8 Å². The lowest BCUT2D eigenvalue weighted by atomic mass is 10.2. The summed E-state index contributed by atoms with van der Waals surface area (Å²) in [5.41, 5.74) is 0.232. The molecule has 1 heterocycles. The van der Waals surface area contributed by atoms with E-state index in [1.165, 1.54) is 24.4 Å². The smallest absolute Gasteiger partial charge is 0.337 e. The van der Waals surface area contributed by atoms with Gasteiger partial charge in [0.25, 0.3) is 0 Å². The summed E-state index contributed by atoms with van der Waals surface area (Å²) in [5.74, 6) is -1.17. The number of carbonyl (C=O) groups excluding carboxylic acids is 1. The van der Waals surface area contributed by atoms with E-state index in [0.717, 1.165) is 11.5 Å². The van der Waals surface area contributed by atoms with Gasteiger partial charge in [-0.2, -0.15) is 0 Å². The van der Waals surface area contributed by atoms with Crippen LogP contribution in [-0.2, 0) is 0 Å². The Hall–Kier alpha value is -2.19. The van der Waals surface area contributed by atoms with Crippen LogP contribution in [0.2, 0.25) is 5.02 Å². The molecule has 0 fully saturated rings. The predicted octanol–water partition coefficient (Wildman–Crippen LogP) is 2.53. The summed E-state index contributed by atoms with van der Waals surface area (Å²) in [5, 5.41) is 18.0. The molecular weight excluding hydrogens is 292 g/mol. The van der Waals surface area contributed by atoms with Crippen LogP contribution in [0.15, 0.2) is 24.4 Å². The van der Waals surface area contributed by atoms with Crippen molar-refractivity contribution in [2.45, 2.75) is 0 Å². The zero-order valence-corrected chi connectivity index (χ0v) is 10.8. The third-order valence-corrected chi connectivity index (χ3v) is 2.96. The summed E-state index contributed by atoms with van der Waals surface area (Å²) in [4.78, 5) is 22.5. The lowest BCUT2D eigenvalue weighted by Crippen LogP contribution is -2.19. The Morgan fingerprint density at radius 1 is 1.32 bits per heavy atom. The molecule has 2 amide bonds. The number of halogens is 1. The minimum Gasteiger partial charge on any atom is -0.478 e. The number of benzene rings is 1. The number of rotatable bonds is 3. The van der Waals surface area contributed by atoms with Gasteiger partial charge in [-0.25, -0.2) is 9.59 Å². The molecular formula is C10H7ClN4O3S. The summed E-state index contributed by atoms with van der Waals surface area (Å²) in [6.45, 7) is 0. The van der Waals surface area contributed by atoms with E-state index in [1.54, 1.807) is 0 Å². The minimum absolute atomic E-state index is 0.0843. The van der Waals surface area contributed by atoms with Gasteiger partial charge >= 0.3 is 12.0 Å². The van der Waals surface area contributed by atoms with Gasteiger partial charge in [0.15, 0.2) is 0 Å². The molecule has 19 heavy (non-hydrogen) atoms. The molecule has 3 N–H and O–H groups in total. The van der Waals surface area contributed by atoms with Crippen molar-refractivity contribution in [3.05, 3.63) is 35.0 Å². The molecule has 0 aliphatic rings. The molecule has 0 saturated carbocycles. The lowest BCUT2D eigenvalue weighted by molar-refractivity contribution is 0.0697. The maximum absolute atomic E-state index is 11.6. The zero-order chi connectivity index (χ0) is 13.8. The maximum Gasteiger partial charge on any atom is 0.337 e. The first-order valence-corrected chi connectivity index (χ1v) is 6.09. The van der Waals surface area contributed by atoms with E-state index in [4.69, 9.17) is 16.7 Å². The minimum atomic E-state index is -1.17. The number of carboxylic acids is 1. The van der Waals surface area contributed by atoms with Gasteiger partial charge in [0, 0.05) is 17.2 Å². The van der Waals surface area contributed by atoms with E-state index in [1.807, 2.05) is 0 Å². The molecule has 1 aromatic carbocycles. The van der Waals surface area contributed by atoms with Gasteiger partial charge < -0.3 is 10.4 Å². The van der Waals surface area contributed by atoms with Gasteiger partial charge in [-0.3, -0.25) is 5.32 Å². The topological polar surface area (TPSA) is 104 Å². The SMILES string of the molecule is O=C(Nc1ccc(Cl)c(C(=O)O)c1)Nc1cnns1. The van der Waals surface area contributed by atoms with Crippen LogP contribution in [0, 0.1) is 0 Å². The van der Waals surface area contributed by atoms with E-state index in [0.29, 0.717) is 10.7 Å². The average Bonchev–Trinajstić information content (AvgIpc) is 2.84. The first-order valence-electron chi connectivity index (χ1n) is 4.94.